The highest BCUT2D eigenvalue weighted by Crippen LogP contribution is 2.24. The van der Waals surface area contributed by atoms with Crippen molar-refractivity contribution in [3.8, 4) is 0 Å². The number of aryl methyl sites for hydroxylation is 2. The van der Waals surface area contributed by atoms with Crippen molar-refractivity contribution in [3.05, 3.63) is 70.8 Å². The van der Waals surface area contributed by atoms with Crippen molar-refractivity contribution < 1.29 is 4.79 Å². The number of amides is 1. The van der Waals surface area contributed by atoms with E-state index >= 15 is 0 Å². The predicted octanol–water partition coefficient (Wildman–Crippen LogP) is 4.70. The number of rotatable bonds is 6. The van der Waals surface area contributed by atoms with Crippen LogP contribution in [-0.4, -0.2) is 5.91 Å². The summed E-state index contributed by atoms with van der Waals surface area (Å²) in [5.74, 6) is 0.119. The first kappa shape index (κ1) is 16.3. The van der Waals surface area contributed by atoms with Crippen LogP contribution in [0.1, 0.15) is 54.5 Å². The van der Waals surface area contributed by atoms with E-state index in [1.54, 1.807) is 0 Å². The number of carbonyl (C=O) groups excluding carboxylic acids is 1. The van der Waals surface area contributed by atoms with Crippen molar-refractivity contribution >= 4 is 5.91 Å². The molecule has 0 saturated carbocycles. The van der Waals surface area contributed by atoms with Crippen LogP contribution in [0.4, 0.5) is 0 Å². The lowest BCUT2D eigenvalue weighted by atomic mass is 9.95. The quantitative estimate of drug-likeness (QED) is 0.822. The number of hydrogen-bond donors (Lipinski definition) is 1. The van der Waals surface area contributed by atoms with Crippen molar-refractivity contribution in [2.24, 2.45) is 0 Å². The fourth-order valence-electron chi connectivity index (χ4n) is 2.52. The van der Waals surface area contributed by atoms with Gasteiger partial charge in [-0.05, 0) is 42.5 Å². The van der Waals surface area contributed by atoms with Crippen LogP contribution in [0.15, 0.2) is 48.5 Å². The van der Waals surface area contributed by atoms with Crippen LogP contribution in [0.5, 0.6) is 0 Å². The van der Waals surface area contributed by atoms with Gasteiger partial charge in [0.2, 0.25) is 5.91 Å². The third-order valence-electron chi connectivity index (χ3n) is 4.06. The molecule has 0 radical (unpaired) electrons. The lowest BCUT2D eigenvalue weighted by Gasteiger charge is -2.21. The zero-order valence-electron chi connectivity index (χ0n) is 13.7. The average Bonchev–Trinajstić information content (AvgIpc) is 2.54. The van der Waals surface area contributed by atoms with E-state index in [9.17, 15) is 4.79 Å². The van der Waals surface area contributed by atoms with E-state index in [-0.39, 0.29) is 11.9 Å². The van der Waals surface area contributed by atoms with E-state index in [1.807, 2.05) is 18.2 Å². The Balaban J connectivity index is 2.29. The van der Waals surface area contributed by atoms with E-state index in [0.29, 0.717) is 6.42 Å². The first-order valence-electron chi connectivity index (χ1n) is 8.03. The van der Waals surface area contributed by atoms with Gasteiger partial charge < -0.3 is 5.32 Å². The standard InChI is InChI=1S/C20H25NO/c1-4-5-11-19(22)21-20(17-9-7-6-8-10-17)18-13-12-15(2)16(3)14-18/h6-10,12-14,20H,4-5,11H2,1-3H3,(H,21,22)/t20-/m0/s1. The molecule has 0 unspecified atom stereocenters. The molecule has 0 aliphatic heterocycles. The summed E-state index contributed by atoms with van der Waals surface area (Å²) in [4.78, 5) is 12.2. The molecule has 1 atom stereocenters. The molecular weight excluding hydrogens is 270 g/mol. The molecule has 2 rings (SSSR count). The van der Waals surface area contributed by atoms with Crippen LogP contribution in [0, 0.1) is 13.8 Å². The molecule has 0 aliphatic rings. The normalized spacial score (nSPS) is 12.0. The molecule has 0 aliphatic carbocycles. The largest absolute Gasteiger partial charge is 0.345 e. The van der Waals surface area contributed by atoms with Crippen LogP contribution >= 0.6 is 0 Å². The molecule has 1 amide bonds. The highest BCUT2D eigenvalue weighted by Gasteiger charge is 2.16. The van der Waals surface area contributed by atoms with Crippen LogP contribution in [-0.2, 0) is 4.79 Å². The third-order valence-corrected chi connectivity index (χ3v) is 4.06. The molecular formula is C20H25NO. The number of hydrogen-bond acceptors (Lipinski definition) is 1. The zero-order valence-corrected chi connectivity index (χ0v) is 13.7. The Labute approximate surface area is 133 Å². The summed E-state index contributed by atoms with van der Waals surface area (Å²) in [6.45, 7) is 6.32. The maximum Gasteiger partial charge on any atom is 0.220 e. The molecule has 0 fully saturated rings. The molecule has 0 spiro atoms. The minimum atomic E-state index is -0.0788. The SMILES string of the molecule is CCCCC(=O)N[C@@H](c1ccccc1)c1ccc(C)c(C)c1. The summed E-state index contributed by atoms with van der Waals surface area (Å²) in [6, 6.07) is 16.5. The Bertz CT molecular complexity index is 619. The Kier molecular flexibility index (Phi) is 5.76. The molecule has 1 N–H and O–H groups in total. The molecule has 2 aromatic rings. The number of unbranched alkanes of at least 4 members (excludes halogenated alkanes) is 1. The molecule has 22 heavy (non-hydrogen) atoms. The van der Waals surface area contributed by atoms with Crippen molar-refractivity contribution in [1.29, 1.82) is 0 Å². The van der Waals surface area contributed by atoms with Crippen molar-refractivity contribution in [1.82, 2.24) is 5.32 Å². The predicted molar refractivity (Wildman–Crippen MR) is 91.9 cm³/mol. The average molecular weight is 295 g/mol. The minimum absolute atomic E-state index is 0.0788. The fourth-order valence-corrected chi connectivity index (χ4v) is 2.52. The molecule has 2 nitrogen and oxygen atoms in total. The van der Waals surface area contributed by atoms with Gasteiger partial charge in [-0.1, -0.05) is 61.9 Å². The number of carbonyl (C=O) groups is 1. The molecule has 0 aromatic heterocycles. The first-order valence-corrected chi connectivity index (χ1v) is 8.03. The number of nitrogens with one attached hydrogen (secondary N) is 1. The molecule has 0 bridgehead atoms. The van der Waals surface area contributed by atoms with Crippen molar-refractivity contribution in [2.45, 2.75) is 46.1 Å². The molecule has 2 aromatic carbocycles. The zero-order chi connectivity index (χ0) is 15.9. The highest BCUT2D eigenvalue weighted by molar-refractivity contribution is 5.77. The topological polar surface area (TPSA) is 29.1 Å². The summed E-state index contributed by atoms with van der Waals surface area (Å²) in [7, 11) is 0. The highest BCUT2D eigenvalue weighted by atomic mass is 16.1. The van der Waals surface area contributed by atoms with E-state index < -0.39 is 0 Å². The summed E-state index contributed by atoms with van der Waals surface area (Å²) in [5.41, 5.74) is 4.78. The first-order chi connectivity index (χ1) is 10.6. The lowest BCUT2D eigenvalue weighted by molar-refractivity contribution is -0.121. The summed E-state index contributed by atoms with van der Waals surface area (Å²) in [6.07, 6.45) is 2.55. The van der Waals surface area contributed by atoms with E-state index in [1.165, 1.54) is 11.1 Å². The smallest absolute Gasteiger partial charge is 0.220 e. The molecule has 2 heteroatoms. The second kappa shape index (κ2) is 7.79. The van der Waals surface area contributed by atoms with Crippen LogP contribution in [0.25, 0.3) is 0 Å². The number of benzene rings is 2. The molecule has 0 heterocycles. The third kappa shape index (κ3) is 4.20. The monoisotopic (exact) mass is 295 g/mol. The van der Waals surface area contributed by atoms with Crippen LogP contribution < -0.4 is 5.32 Å². The van der Waals surface area contributed by atoms with Gasteiger partial charge in [-0.25, -0.2) is 0 Å². The fraction of sp³-hybridized carbons (Fsp3) is 0.350. The Hall–Kier alpha value is -2.09. The second-order valence-electron chi connectivity index (χ2n) is 5.86. The molecule has 0 saturated heterocycles. The summed E-state index contributed by atoms with van der Waals surface area (Å²) >= 11 is 0. The van der Waals surface area contributed by atoms with Gasteiger partial charge in [0.25, 0.3) is 0 Å². The van der Waals surface area contributed by atoms with Crippen LogP contribution in [0.3, 0.4) is 0 Å². The van der Waals surface area contributed by atoms with E-state index in [2.05, 4.69) is 56.4 Å². The maximum atomic E-state index is 12.2. The van der Waals surface area contributed by atoms with Gasteiger partial charge in [0.05, 0.1) is 6.04 Å². The van der Waals surface area contributed by atoms with Gasteiger partial charge in [-0.15, -0.1) is 0 Å². The molecule has 116 valence electrons. The van der Waals surface area contributed by atoms with Gasteiger partial charge in [0.15, 0.2) is 0 Å². The summed E-state index contributed by atoms with van der Waals surface area (Å²) in [5, 5.41) is 3.19. The van der Waals surface area contributed by atoms with Gasteiger partial charge >= 0.3 is 0 Å². The Morgan fingerprint density at radius 2 is 1.73 bits per heavy atom. The lowest BCUT2D eigenvalue weighted by Crippen LogP contribution is -2.29. The minimum Gasteiger partial charge on any atom is -0.345 e. The summed E-state index contributed by atoms with van der Waals surface area (Å²) < 4.78 is 0. The maximum absolute atomic E-state index is 12.2. The van der Waals surface area contributed by atoms with Gasteiger partial charge in [0, 0.05) is 6.42 Å². The van der Waals surface area contributed by atoms with Crippen molar-refractivity contribution in [2.75, 3.05) is 0 Å². The Morgan fingerprint density at radius 3 is 2.36 bits per heavy atom. The van der Waals surface area contributed by atoms with E-state index in [0.717, 1.165) is 24.0 Å². The van der Waals surface area contributed by atoms with Gasteiger partial charge in [-0.2, -0.15) is 0 Å². The van der Waals surface area contributed by atoms with E-state index in [4.69, 9.17) is 0 Å². The second-order valence-corrected chi connectivity index (χ2v) is 5.86. The van der Waals surface area contributed by atoms with Gasteiger partial charge in [-0.3, -0.25) is 4.79 Å². The van der Waals surface area contributed by atoms with Crippen LogP contribution in [0.2, 0.25) is 0 Å². The Morgan fingerprint density at radius 1 is 1.00 bits per heavy atom. The van der Waals surface area contributed by atoms with Gasteiger partial charge in [0.1, 0.15) is 0 Å². The van der Waals surface area contributed by atoms with Crippen molar-refractivity contribution in [3.63, 3.8) is 0 Å².